The summed E-state index contributed by atoms with van der Waals surface area (Å²) in [4.78, 5) is 20.6. The molecule has 4 aromatic rings. The third kappa shape index (κ3) is 4.21. The number of ether oxygens (including phenoxy) is 1. The standard InChI is InChI=1S/C24H20F3N5O2/c1-13-11-17-21(31-24(13)34-10-7-18(26)27)19(14-5-6-16(25)20(29)15(14)12-28)22(23(33)30-17)32-8-3-2-4-9-32/h2-6,8-9,11-12,18H,7,10H2,1H3,(H3-,28,29,30,33)/p+1. The lowest BCUT2D eigenvalue weighted by Crippen LogP contribution is -2.37. The minimum absolute atomic E-state index is 0.0761. The van der Waals surface area contributed by atoms with Crippen molar-refractivity contribution in [2.45, 2.75) is 19.8 Å². The largest absolute Gasteiger partial charge is 0.477 e. The molecule has 0 saturated heterocycles. The number of nitrogens with two attached hydrogens (primary N) is 1. The molecule has 34 heavy (non-hydrogen) atoms. The third-order valence-electron chi connectivity index (χ3n) is 5.30. The zero-order chi connectivity index (χ0) is 24.4. The molecule has 3 aromatic heterocycles. The first kappa shape index (κ1) is 23.0. The highest BCUT2D eigenvalue weighted by Gasteiger charge is 2.27. The fourth-order valence-corrected chi connectivity index (χ4v) is 3.71. The summed E-state index contributed by atoms with van der Waals surface area (Å²) in [5.74, 6) is -0.581. The molecule has 7 nitrogen and oxygen atoms in total. The van der Waals surface area contributed by atoms with E-state index in [-0.39, 0.29) is 34.9 Å². The Bertz CT molecular complexity index is 1440. The summed E-state index contributed by atoms with van der Waals surface area (Å²) in [6.07, 6.45) is 1.24. The molecule has 0 bridgehead atoms. The summed E-state index contributed by atoms with van der Waals surface area (Å²) in [7, 11) is 0. The highest BCUT2D eigenvalue weighted by molar-refractivity contribution is 6.03. The predicted molar refractivity (Wildman–Crippen MR) is 122 cm³/mol. The second-order valence-electron chi connectivity index (χ2n) is 7.56. The summed E-state index contributed by atoms with van der Waals surface area (Å²) in [6.45, 7) is 1.44. The van der Waals surface area contributed by atoms with Gasteiger partial charge in [-0.2, -0.15) is 4.57 Å². The van der Waals surface area contributed by atoms with E-state index in [9.17, 15) is 18.0 Å². The van der Waals surface area contributed by atoms with Gasteiger partial charge < -0.3 is 20.9 Å². The van der Waals surface area contributed by atoms with Crippen LogP contribution in [-0.4, -0.2) is 29.2 Å². The van der Waals surface area contributed by atoms with Crippen molar-refractivity contribution >= 4 is 22.9 Å². The van der Waals surface area contributed by atoms with Crippen molar-refractivity contribution in [3.8, 4) is 22.7 Å². The quantitative estimate of drug-likeness (QED) is 0.217. The molecule has 0 aliphatic heterocycles. The van der Waals surface area contributed by atoms with Gasteiger partial charge in [0.25, 0.3) is 5.69 Å². The van der Waals surface area contributed by atoms with Crippen LogP contribution in [0.1, 0.15) is 17.5 Å². The molecule has 0 radical (unpaired) electrons. The molecule has 3 heterocycles. The van der Waals surface area contributed by atoms with E-state index in [0.29, 0.717) is 22.2 Å². The van der Waals surface area contributed by atoms with Crippen LogP contribution in [0.4, 0.5) is 18.9 Å². The van der Waals surface area contributed by atoms with Gasteiger partial charge in [0.1, 0.15) is 11.3 Å². The van der Waals surface area contributed by atoms with E-state index in [1.54, 1.807) is 48.1 Å². The van der Waals surface area contributed by atoms with Crippen molar-refractivity contribution in [1.29, 1.82) is 5.41 Å². The zero-order valence-electron chi connectivity index (χ0n) is 18.1. The normalized spacial score (nSPS) is 11.2. The van der Waals surface area contributed by atoms with Crippen LogP contribution in [0.15, 0.2) is 53.6 Å². The first-order chi connectivity index (χ1) is 16.3. The van der Waals surface area contributed by atoms with Crippen LogP contribution < -0.4 is 20.6 Å². The monoisotopic (exact) mass is 468 g/mol. The molecule has 0 aliphatic carbocycles. The number of aryl methyl sites for hydroxylation is 1. The summed E-state index contributed by atoms with van der Waals surface area (Å²) in [5.41, 5.74) is 7.23. The van der Waals surface area contributed by atoms with E-state index in [0.717, 1.165) is 12.3 Å². The highest BCUT2D eigenvalue weighted by Crippen LogP contribution is 2.35. The van der Waals surface area contributed by atoms with Crippen LogP contribution in [0.2, 0.25) is 0 Å². The number of aromatic nitrogens is 3. The molecular formula is C24H21F3N5O2+. The lowest BCUT2D eigenvalue weighted by molar-refractivity contribution is -0.596. The van der Waals surface area contributed by atoms with Crippen molar-refractivity contribution in [2.24, 2.45) is 0 Å². The SMILES string of the molecule is Cc1cc2[nH]c(=O)c(-[n+]3ccccc3)c(-c3ccc(F)c(N)c3C=N)c2nc1OCCC(F)F. The predicted octanol–water partition coefficient (Wildman–Crippen LogP) is 3.93. The van der Waals surface area contributed by atoms with E-state index < -0.39 is 24.2 Å². The highest BCUT2D eigenvalue weighted by atomic mass is 19.3. The fourth-order valence-electron chi connectivity index (χ4n) is 3.71. The van der Waals surface area contributed by atoms with Gasteiger partial charge in [-0.3, -0.25) is 4.79 Å². The Morgan fingerprint density at radius 1 is 1.26 bits per heavy atom. The minimum Gasteiger partial charge on any atom is -0.477 e. The van der Waals surface area contributed by atoms with E-state index in [1.165, 1.54) is 6.07 Å². The van der Waals surface area contributed by atoms with Gasteiger partial charge in [-0.25, -0.2) is 18.2 Å². The van der Waals surface area contributed by atoms with E-state index >= 15 is 0 Å². The summed E-state index contributed by atoms with van der Waals surface area (Å²) in [5, 5.41) is 7.84. The van der Waals surface area contributed by atoms with Crippen molar-refractivity contribution < 1.29 is 22.5 Å². The van der Waals surface area contributed by atoms with Gasteiger partial charge in [-0.05, 0) is 19.1 Å². The maximum Gasteiger partial charge on any atom is 0.321 e. The second kappa shape index (κ2) is 9.34. The van der Waals surface area contributed by atoms with Gasteiger partial charge in [0.2, 0.25) is 12.3 Å². The molecule has 1 aromatic carbocycles. The summed E-state index contributed by atoms with van der Waals surface area (Å²) in [6, 6.07) is 9.43. The fraction of sp³-hybridized carbons (Fsp3) is 0.167. The lowest BCUT2D eigenvalue weighted by Gasteiger charge is -2.15. The van der Waals surface area contributed by atoms with Gasteiger partial charge in [0, 0.05) is 41.5 Å². The van der Waals surface area contributed by atoms with Gasteiger partial charge >= 0.3 is 5.56 Å². The molecule has 0 spiro atoms. The van der Waals surface area contributed by atoms with E-state index in [2.05, 4.69) is 9.97 Å². The number of fused-ring (bicyclic) bond motifs is 1. The number of nitrogens with zero attached hydrogens (tertiary/aromatic N) is 2. The van der Waals surface area contributed by atoms with Crippen molar-refractivity contribution in [1.82, 2.24) is 9.97 Å². The third-order valence-corrected chi connectivity index (χ3v) is 5.30. The van der Waals surface area contributed by atoms with E-state index in [1.807, 2.05) is 0 Å². The summed E-state index contributed by atoms with van der Waals surface area (Å²) < 4.78 is 46.5. The molecule has 174 valence electrons. The molecule has 0 unspecified atom stereocenters. The Morgan fingerprint density at radius 2 is 2.00 bits per heavy atom. The topological polar surface area (TPSA) is 109 Å². The number of aromatic amines is 1. The number of anilines is 1. The number of benzene rings is 1. The minimum atomic E-state index is -2.52. The number of rotatable bonds is 7. The molecule has 4 N–H and O–H groups in total. The van der Waals surface area contributed by atoms with Crippen LogP contribution >= 0.6 is 0 Å². The maximum absolute atomic E-state index is 14.2. The van der Waals surface area contributed by atoms with Gasteiger partial charge in [-0.15, -0.1) is 0 Å². The number of hydrogen-bond donors (Lipinski definition) is 3. The van der Waals surface area contributed by atoms with Crippen molar-refractivity contribution in [3.63, 3.8) is 0 Å². The van der Waals surface area contributed by atoms with E-state index in [4.69, 9.17) is 15.9 Å². The van der Waals surface area contributed by atoms with Crippen molar-refractivity contribution in [3.05, 3.63) is 76.1 Å². The first-order valence-corrected chi connectivity index (χ1v) is 10.4. The molecule has 0 fully saturated rings. The Labute approximate surface area is 192 Å². The van der Waals surface area contributed by atoms with Crippen LogP contribution in [0.25, 0.3) is 27.8 Å². The lowest BCUT2D eigenvalue weighted by atomic mass is 9.95. The molecule has 0 amide bonds. The molecular weight excluding hydrogens is 447 g/mol. The number of hydrogen-bond acceptors (Lipinski definition) is 5. The van der Waals surface area contributed by atoms with Crippen LogP contribution in [-0.2, 0) is 0 Å². The number of nitrogen functional groups attached to an aromatic ring is 1. The van der Waals surface area contributed by atoms with Gasteiger partial charge in [0.15, 0.2) is 12.4 Å². The smallest absolute Gasteiger partial charge is 0.321 e. The second-order valence-corrected chi connectivity index (χ2v) is 7.56. The number of nitrogens with one attached hydrogen (secondary N) is 2. The average Bonchev–Trinajstić information content (AvgIpc) is 2.81. The number of pyridine rings is 3. The number of H-pyrrole nitrogens is 1. The Morgan fingerprint density at radius 3 is 2.68 bits per heavy atom. The Balaban J connectivity index is 2.09. The Hall–Kier alpha value is -4.21. The zero-order valence-corrected chi connectivity index (χ0v) is 18.1. The number of alkyl halides is 2. The first-order valence-electron chi connectivity index (χ1n) is 10.4. The van der Waals surface area contributed by atoms with Crippen LogP contribution in [0, 0.1) is 18.2 Å². The molecule has 0 aliphatic rings. The van der Waals surface area contributed by atoms with Crippen molar-refractivity contribution in [2.75, 3.05) is 12.3 Å². The molecule has 10 heteroatoms. The molecule has 0 saturated carbocycles. The van der Waals surface area contributed by atoms with Crippen LogP contribution in [0.3, 0.4) is 0 Å². The number of halogens is 3. The van der Waals surface area contributed by atoms with Crippen LogP contribution in [0.5, 0.6) is 5.88 Å². The van der Waals surface area contributed by atoms with Gasteiger partial charge in [-0.1, -0.05) is 12.1 Å². The summed E-state index contributed by atoms with van der Waals surface area (Å²) >= 11 is 0. The molecule has 0 atom stereocenters. The van der Waals surface area contributed by atoms with Gasteiger partial charge in [0.05, 0.1) is 23.4 Å². The average molecular weight is 468 g/mol. The molecule has 4 rings (SSSR count). The maximum atomic E-state index is 14.2. The Kier molecular flexibility index (Phi) is 6.31.